The van der Waals surface area contributed by atoms with E-state index in [4.69, 9.17) is 11.1 Å². The van der Waals surface area contributed by atoms with Crippen molar-refractivity contribution in [2.45, 2.75) is 6.42 Å². The maximum atomic E-state index is 7.12. The summed E-state index contributed by atoms with van der Waals surface area (Å²) in [5.74, 6) is 1.07. The Balaban J connectivity index is 2.65. The van der Waals surface area contributed by atoms with Gasteiger partial charge in [-0.05, 0) is 22.6 Å². The van der Waals surface area contributed by atoms with Gasteiger partial charge in [0.15, 0.2) is 0 Å². The minimum absolute atomic E-state index is 0.195. The van der Waals surface area contributed by atoms with Crippen LogP contribution >= 0.6 is 22.6 Å². The molecule has 0 atom stereocenters. The summed E-state index contributed by atoms with van der Waals surface area (Å²) in [6, 6.07) is 0. The predicted molar refractivity (Wildman–Crippen MR) is 64.6 cm³/mol. The molecule has 0 bridgehead atoms. The summed E-state index contributed by atoms with van der Waals surface area (Å²) < 4.78 is 0.996. The summed E-state index contributed by atoms with van der Waals surface area (Å²) in [6.07, 6.45) is 3.82. The molecule has 3 N–H and O–H groups in total. The molecule has 76 valence electrons. The van der Waals surface area contributed by atoms with E-state index < -0.39 is 0 Å². The van der Waals surface area contributed by atoms with Gasteiger partial charge in [0.2, 0.25) is 0 Å². The summed E-state index contributed by atoms with van der Waals surface area (Å²) in [5.41, 5.74) is 5.28. The molecule has 1 aromatic heterocycles. The van der Waals surface area contributed by atoms with Gasteiger partial charge in [-0.3, -0.25) is 5.41 Å². The van der Waals surface area contributed by atoms with Gasteiger partial charge < -0.3 is 10.6 Å². The van der Waals surface area contributed by atoms with Crippen molar-refractivity contribution in [2.24, 2.45) is 5.73 Å². The van der Waals surface area contributed by atoms with Crippen LogP contribution in [0.15, 0.2) is 12.5 Å². The van der Waals surface area contributed by atoms with Crippen LogP contribution in [0.5, 0.6) is 0 Å². The molecule has 1 heterocycles. The van der Waals surface area contributed by atoms with E-state index in [2.05, 4.69) is 32.6 Å². The van der Waals surface area contributed by atoms with E-state index in [1.54, 1.807) is 6.20 Å². The van der Waals surface area contributed by atoms with Crippen molar-refractivity contribution in [3.63, 3.8) is 0 Å². The van der Waals surface area contributed by atoms with Gasteiger partial charge in [0.05, 0.1) is 9.41 Å². The second kappa shape index (κ2) is 5.08. The number of nitrogens with one attached hydrogen (secondary N) is 1. The molecule has 1 rings (SSSR count). The molecule has 5 nitrogen and oxygen atoms in total. The maximum absolute atomic E-state index is 7.12. The number of nitrogens with zero attached hydrogens (tertiary/aromatic N) is 3. The van der Waals surface area contributed by atoms with Crippen LogP contribution in [0.3, 0.4) is 0 Å². The third kappa shape index (κ3) is 3.09. The fraction of sp³-hybridized carbons (Fsp3) is 0.375. The van der Waals surface area contributed by atoms with Crippen molar-refractivity contribution in [1.29, 1.82) is 5.41 Å². The first kappa shape index (κ1) is 11.2. The van der Waals surface area contributed by atoms with E-state index in [0.717, 1.165) is 9.39 Å². The lowest BCUT2D eigenvalue weighted by Gasteiger charge is -2.18. The van der Waals surface area contributed by atoms with Gasteiger partial charge in [0.25, 0.3) is 0 Å². The SMILES string of the molecule is CN(CCC(=N)N)c1ncncc1I. The van der Waals surface area contributed by atoms with Crippen molar-refractivity contribution in [3.8, 4) is 0 Å². The Bertz CT molecular complexity index is 327. The van der Waals surface area contributed by atoms with Crippen LogP contribution < -0.4 is 10.6 Å². The number of aromatic nitrogens is 2. The molecule has 0 unspecified atom stereocenters. The van der Waals surface area contributed by atoms with E-state index in [1.807, 2.05) is 11.9 Å². The highest BCUT2D eigenvalue weighted by Gasteiger charge is 2.06. The van der Waals surface area contributed by atoms with E-state index in [1.165, 1.54) is 6.33 Å². The monoisotopic (exact) mass is 305 g/mol. The Morgan fingerprint density at radius 3 is 3.00 bits per heavy atom. The molecule has 0 saturated carbocycles. The van der Waals surface area contributed by atoms with Crippen molar-refractivity contribution < 1.29 is 0 Å². The second-order valence-corrected chi connectivity index (χ2v) is 4.05. The molecular weight excluding hydrogens is 293 g/mol. The number of nitrogens with two attached hydrogens (primary N) is 1. The molecule has 0 aromatic carbocycles. The van der Waals surface area contributed by atoms with Crippen LogP contribution in [0.1, 0.15) is 6.42 Å². The largest absolute Gasteiger partial charge is 0.388 e. The first-order valence-electron chi connectivity index (χ1n) is 4.11. The zero-order valence-corrected chi connectivity index (χ0v) is 10.0. The summed E-state index contributed by atoms with van der Waals surface area (Å²) in [7, 11) is 1.92. The molecule has 0 amide bonds. The van der Waals surface area contributed by atoms with E-state index in [0.29, 0.717) is 13.0 Å². The number of rotatable bonds is 4. The lowest BCUT2D eigenvalue weighted by Crippen LogP contribution is -2.25. The number of anilines is 1. The number of halogens is 1. The van der Waals surface area contributed by atoms with E-state index >= 15 is 0 Å². The molecule has 0 aliphatic carbocycles. The van der Waals surface area contributed by atoms with Gasteiger partial charge in [-0.1, -0.05) is 0 Å². The minimum Gasteiger partial charge on any atom is -0.388 e. The summed E-state index contributed by atoms with van der Waals surface area (Å²) in [4.78, 5) is 10.0. The van der Waals surface area contributed by atoms with E-state index in [9.17, 15) is 0 Å². The smallest absolute Gasteiger partial charge is 0.145 e. The molecule has 0 aliphatic rings. The van der Waals surface area contributed by atoms with Gasteiger partial charge >= 0.3 is 0 Å². The molecular formula is C8H12IN5. The Kier molecular flexibility index (Phi) is 4.05. The number of hydrogen-bond acceptors (Lipinski definition) is 4. The highest BCUT2D eigenvalue weighted by molar-refractivity contribution is 14.1. The van der Waals surface area contributed by atoms with Gasteiger partial charge in [0, 0.05) is 26.2 Å². The lowest BCUT2D eigenvalue weighted by atomic mass is 10.3. The minimum atomic E-state index is 0.195. The third-order valence-electron chi connectivity index (χ3n) is 1.73. The Labute approximate surface area is 96.4 Å². The average Bonchev–Trinajstić information content (AvgIpc) is 2.15. The Morgan fingerprint density at radius 2 is 2.43 bits per heavy atom. The highest BCUT2D eigenvalue weighted by atomic mass is 127. The van der Waals surface area contributed by atoms with Gasteiger partial charge in [0.1, 0.15) is 12.1 Å². The normalized spacial score (nSPS) is 9.86. The van der Waals surface area contributed by atoms with Crippen molar-refractivity contribution >= 4 is 34.2 Å². The topological polar surface area (TPSA) is 78.9 Å². The quantitative estimate of drug-likeness (QED) is 0.491. The molecule has 0 saturated heterocycles. The zero-order chi connectivity index (χ0) is 10.6. The van der Waals surface area contributed by atoms with Crippen LogP contribution in [0.2, 0.25) is 0 Å². The van der Waals surface area contributed by atoms with Gasteiger partial charge in [-0.15, -0.1) is 0 Å². The van der Waals surface area contributed by atoms with Crippen molar-refractivity contribution in [2.75, 3.05) is 18.5 Å². The standard InChI is InChI=1S/C8H12IN5/c1-14(3-2-7(10)11)8-6(9)4-12-5-13-8/h4-5H,2-3H2,1H3,(H3,10,11). The molecule has 0 fully saturated rings. The zero-order valence-electron chi connectivity index (χ0n) is 7.87. The Morgan fingerprint density at radius 1 is 1.71 bits per heavy atom. The van der Waals surface area contributed by atoms with Crippen LogP contribution in [-0.2, 0) is 0 Å². The van der Waals surface area contributed by atoms with Crippen LogP contribution in [-0.4, -0.2) is 29.4 Å². The van der Waals surface area contributed by atoms with Gasteiger partial charge in [-0.2, -0.15) is 0 Å². The average molecular weight is 305 g/mol. The predicted octanol–water partition coefficient (Wildman–Crippen LogP) is 0.843. The molecule has 0 aliphatic heterocycles. The van der Waals surface area contributed by atoms with Crippen molar-refractivity contribution in [1.82, 2.24) is 9.97 Å². The number of amidine groups is 1. The van der Waals surface area contributed by atoms with Gasteiger partial charge in [-0.25, -0.2) is 9.97 Å². The van der Waals surface area contributed by atoms with E-state index in [-0.39, 0.29) is 5.84 Å². The molecule has 14 heavy (non-hydrogen) atoms. The fourth-order valence-electron chi connectivity index (χ4n) is 0.981. The first-order chi connectivity index (χ1) is 6.61. The fourth-order valence-corrected chi connectivity index (χ4v) is 1.69. The summed E-state index contributed by atoms with van der Waals surface area (Å²) in [6.45, 7) is 0.697. The van der Waals surface area contributed by atoms with Crippen LogP contribution in [0.25, 0.3) is 0 Å². The highest BCUT2D eigenvalue weighted by Crippen LogP contribution is 2.16. The lowest BCUT2D eigenvalue weighted by molar-refractivity contribution is 0.879. The van der Waals surface area contributed by atoms with Crippen LogP contribution in [0.4, 0.5) is 5.82 Å². The molecule has 6 heteroatoms. The molecule has 0 radical (unpaired) electrons. The van der Waals surface area contributed by atoms with Crippen LogP contribution in [0, 0.1) is 8.98 Å². The molecule has 0 spiro atoms. The van der Waals surface area contributed by atoms with Crippen molar-refractivity contribution in [3.05, 3.63) is 16.1 Å². The molecule has 1 aromatic rings. The summed E-state index contributed by atoms with van der Waals surface area (Å²) in [5, 5.41) is 7.12. The summed E-state index contributed by atoms with van der Waals surface area (Å²) >= 11 is 2.18. The maximum Gasteiger partial charge on any atom is 0.145 e. The first-order valence-corrected chi connectivity index (χ1v) is 5.18. The number of hydrogen-bond donors (Lipinski definition) is 2. The Hall–Kier alpha value is -0.920. The second-order valence-electron chi connectivity index (χ2n) is 2.89. The third-order valence-corrected chi connectivity index (χ3v) is 2.49.